The average molecular weight is 220 g/mol. The molecule has 6 heteroatoms. The second-order valence-electron chi connectivity index (χ2n) is 3.61. The Morgan fingerprint density at radius 3 is 2.29 bits per heavy atom. The highest BCUT2D eigenvalue weighted by Gasteiger charge is 2.20. The lowest BCUT2D eigenvalue weighted by atomic mass is 9.96. The van der Waals surface area contributed by atoms with Crippen molar-refractivity contribution >= 4 is 16.1 Å². The fourth-order valence-corrected chi connectivity index (χ4v) is 2.77. The van der Waals surface area contributed by atoms with Crippen molar-refractivity contribution in [3.63, 3.8) is 0 Å². The van der Waals surface area contributed by atoms with Gasteiger partial charge in [0.05, 0.1) is 0 Å². The molecule has 0 spiro atoms. The third kappa shape index (κ3) is 4.06. The molecule has 1 amide bonds. The van der Waals surface area contributed by atoms with E-state index in [-0.39, 0.29) is 6.04 Å². The van der Waals surface area contributed by atoms with Gasteiger partial charge >= 0.3 is 10.2 Å². The van der Waals surface area contributed by atoms with Crippen molar-refractivity contribution in [2.75, 3.05) is 0 Å². The van der Waals surface area contributed by atoms with Crippen LogP contribution in [0.2, 0.25) is 0 Å². The zero-order valence-corrected chi connectivity index (χ0v) is 9.06. The molecule has 5 nitrogen and oxygen atoms in total. The van der Waals surface area contributed by atoms with Gasteiger partial charge in [0.15, 0.2) is 0 Å². The lowest BCUT2D eigenvalue weighted by Crippen LogP contribution is -2.44. The van der Waals surface area contributed by atoms with E-state index in [1.165, 1.54) is 13.3 Å². The van der Waals surface area contributed by atoms with Crippen LogP contribution in [0.3, 0.4) is 0 Å². The molecule has 1 saturated carbocycles. The Hall–Kier alpha value is -0.620. The highest BCUT2D eigenvalue weighted by atomic mass is 32.2. The molecule has 0 aromatic rings. The molecule has 0 bridgehead atoms. The van der Waals surface area contributed by atoms with Gasteiger partial charge in [-0.25, -0.2) is 4.72 Å². The second kappa shape index (κ2) is 4.75. The van der Waals surface area contributed by atoms with Gasteiger partial charge in [-0.1, -0.05) is 19.3 Å². The standard InChI is InChI=1S/C8H16N2O3S/c1-7(11)9-14(12,13)10-8-5-3-2-4-6-8/h8,10H,2-6H2,1H3,(H,9,11). The molecular weight excluding hydrogens is 204 g/mol. The van der Waals surface area contributed by atoms with Crippen LogP contribution in [0.25, 0.3) is 0 Å². The Labute approximate surface area is 84.4 Å². The fraction of sp³-hybridized carbons (Fsp3) is 0.875. The molecule has 1 fully saturated rings. The normalized spacial score (nSPS) is 19.2. The molecular formula is C8H16N2O3S. The van der Waals surface area contributed by atoms with Crippen molar-refractivity contribution in [3.05, 3.63) is 0 Å². The molecule has 0 aromatic carbocycles. The van der Waals surface area contributed by atoms with Crippen LogP contribution in [-0.2, 0) is 15.0 Å². The summed E-state index contributed by atoms with van der Waals surface area (Å²) in [6.07, 6.45) is 4.98. The molecule has 1 aliphatic rings. The summed E-state index contributed by atoms with van der Waals surface area (Å²) in [6.45, 7) is 1.18. The van der Waals surface area contributed by atoms with Crippen molar-refractivity contribution in [3.8, 4) is 0 Å². The van der Waals surface area contributed by atoms with Crippen LogP contribution < -0.4 is 9.44 Å². The lowest BCUT2D eigenvalue weighted by Gasteiger charge is -2.22. The average Bonchev–Trinajstić information content (AvgIpc) is 2.02. The summed E-state index contributed by atoms with van der Waals surface area (Å²) >= 11 is 0. The minimum absolute atomic E-state index is 0.0133. The third-order valence-corrected chi connectivity index (χ3v) is 3.40. The van der Waals surface area contributed by atoms with E-state index in [4.69, 9.17) is 0 Å². The predicted molar refractivity (Wildman–Crippen MR) is 52.7 cm³/mol. The van der Waals surface area contributed by atoms with Crippen molar-refractivity contribution in [2.24, 2.45) is 0 Å². The maximum atomic E-state index is 11.3. The Balaban J connectivity index is 2.45. The van der Waals surface area contributed by atoms with Gasteiger partial charge in [0.25, 0.3) is 0 Å². The zero-order chi connectivity index (χ0) is 10.6. The first kappa shape index (κ1) is 11.5. The minimum Gasteiger partial charge on any atom is -0.274 e. The number of carbonyl (C=O) groups excluding carboxylic acids is 1. The van der Waals surface area contributed by atoms with E-state index in [1.807, 2.05) is 4.72 Å². The Kier molecular flexibility index (Phi) is 3.88. The van der Waals surface area contributed by atoms with Gasteiger partial charge in [0, 0.05) is 13.0 Å². The number of nitrogens with one attached hydrogen (secondary N) is 2. The highest BCUT2D eigenvalue weighted by molar-refractivity contribution is 7.88. The summed E-state index contributed by atoms with van der Waals surface area (Å²) in [5, 5.41) is 0. The topological polar surface area (TPSA) is 75.3 Å². The van der Waals surface area contributed by atoms with Crippen molar-refractivity contribution < 1.29 is 13.2 Å². The first-order chi connectivity index (χ1) is 6.49. The van der Waals surface area contributed by atoms with E-state index in [1.54, 1.807) is 0 Å². The number of hydrogen-bond donors (Lipinski definition) is 2. The van der Waals surface area contributed by atoms with Gasteiger partial charge in [0.2, 0.25) is 5.91 Å². The van der Waals surface area contributed by atoms with E-state index in [2.05, 4.69) is 4.72 Å². The number of rotatable bonds is 3. The SMILES string of the molecule is CC(=O)NS(=O)(=O)NC1CCCCC1. The van der Waals surface area contributed by atoms with Crippen LogP contribution in [0.1, 0.15) is 39.0 Å². The Bertz CT molecular complexity index is 294. The molecule has 0 radical (unpaired) electrons. The maximum Gasteiger partial charge on any atom is 0.301 e. The van der Waals surface area contributed by atoms with E-state index >= 15 is 0 Å². The van der Waals surface area contributed by atoms with E-state index < -0.39 is 16.1 Å². The second-order valence-corrected chi connectivity index (χ2v) is 5.06. The number of amides is 1. The van der Waals surface area contributed by atoms with Crippen molar-refractivity contribution in [2.45, 2.75) is 45.1 Å². The first-order valence-electron chi connectivity index (χ1n) is 4.80. The molecule has 0 heterocycles. The largest absolute Gasteiger partial charge is 0.301 e. The zero-order valence-electron chi connectivity index (χ0n) is 8.25. The van der Waals surface area contributed by atoms with Crippen LogP contribution in [0.4, 0.5) is 0 Å². The van der Waals surface area contributed by atoms with Gasteiger partial charge in [-0.15, -0.1) is 0 Å². The summed E-state index contributed by atoms with van der Waals surface area (Å²) < 4.78 is 26.9. The molecule has 0 atom stereocenters. The van der Waals surface area contributed by atoms with Gasteiger partial charge in [-0.05, 0) is 12.8 Å². The fourth-order valence-electron chi connectivity index (χ4n) is 1.66. The van der Waals surface area contributed by atoms with Crippen LogP contribution >= 0.6 is 0 Å². The molecule has 1 aliphatic carbocycles. The van der Waals surface area contributed by atoms with Crippen LogP contribution in [0.15, 0.2) is 0 Å². The third-order valence-electron chi connectivity index (χ3n) is 2.21. The summed E-state index contributed by atoms with van der Waals surface area (Å²) in [5.74, 6) is -0.562. The molecule has 0 aliphatic heterocycles. The number of carbonyl (C=O) groups is 1. The summed E-state index contributed by atoms with van der Waals surface area (Å²) in [6, 6.07) is -0.0133. The lowest BCUT2D eigenvalue weighted by molar-refractivity contribution is -0.117. The van der Waals surface area contributed by atoms with E-state index in [9.17, 15) is 13.2 Å². The minimum atomic E-state index is -3.63. The first-order valence-corrected chi connectivity index (χ1v) is 6.28. The van der Waals surface area contributed by atoms with Gasteiger partial charge < -0.3 is 0 Å². The van der Waals surface area contributed by atoms with Gasteiger partial charge in [-0.2, -0.15) is 13.1 Å². The molecule has 0 unspecified atom stereocenters. The molecule has 82 valence electrons. The smallest absolute Gasteiger partial charge is 0.274 e. The molecule has 2 N–H and O–H groups in total. The monoisotopic (exact) mass is 220 g/mol. The highest BCUT2D eigenvalue weighted by Crippen LogP contribution is 2.17. The summed E-state index contributed by atoms with van der Waals surface area (Å²) in [4.78, 5) is 10.6. The van der Waals surface area contributed by atoms with Crippen LogP contribution in [0, 0.1) is 0 Å². The summed E-state index contributed by atoms with van der Waals surface area (Å²) in [5.41, 5.74) is 0. The predicted octanol–water partition coefficient (Wildman–Crippen LogP) is 0.290. The quantitative estimate of drug-likeness (QED) is 0.717. The van der Waals surface area contributed by atoms with Crippen LogP contribution in [0.5, 0.6) is 0 Å². The maximum absolute atomic E-state index is 11.3. The molecule has 0 aromatic heterocycles. The Morgan fingerprint density at radius 1 is 1.21 bits per heavy atom. The van der Waals surface area contributed by atoms with E-state index in [0.717, 1.165) is 25.7 Å². The molecule has 0 saturated heterocycles. The van der Waals surface area contributed by atoms with Crippen molar-refractivity contribution in [1.29, 1.82) is 0 Å². The molecule has 14 heavy (non-hydrogen) atoms. The number of hydrogen-bond acceptors (Lipinski definition) is 3. The van der Waals surface area contributed by atoms with E-state index in [0.29, 0.717) is 0 Å². The van der Waals surface area contributed by atoms with Crippen molar-refractivity contribution in [1.82, 2.24) is 9.44 Å². The van der Waals surface area contributed by atoms with Gasteiger partial charge in [-0.3, -0.25) is 4.79 Å². The van der Waals surface area contributed by atoms with Gasteiger partial charge in [0.1, 0.15) is 0 Å². The summed E-state index contributed by atoms with van der Waals surface area (Å²) in [7, 11) is -3.63. The molecule has 1 rings (SSSR count). The Morgan fingerprint density at radius 2 is 1.79 bits per heavy atom. The van der Waals surface area contributed by atoms with Crippen LogP contribution in [-0.4, -0.2) is 20.4 Å².